The van der Waals surface area contributed by atoms with Crippen LogP contribution in [-0.4, -0.2) is 25.6 Å². The Kier molecular flexibility index (Phi) is 6.96. The number of aromatic nitrogens is 3. The maximum Gasteiger partial charge on any atom is 2.00 e. The van der Waals surface area contributed by atoms with Crippen LogP contribution in [0.5, 0.6) is 0 Å². The Morgan fingerprint density at radius 3 is 2.06 bits per heavy atom. The Bertz CT molecular complexity index is 2840. The molecule has 258 valence electrons. The minimum absolute atomic E-state index is 0. The molecule has 0 saturated heterocycles. The zero-order valence-electron chi connectivity index (χ0n) is 30.3. The van der Waals surface area contributed by atoms with Gasteiger partial charge in [0, 0.05) is 27.9 Å². The number of aryl methyl sites for hydroxylation is 3. The number of pyridine rings is 1. The fourth-order valence-electron chi connectivity index (χ4n) is 9.07. The van der Waals surface area contributed by atoms with E-state index in [2.05, 4.69) is 161 Å². The third-order valence-corrected chi connectivity index (χ3v) is 12.1. The van der Waals surface area contributed by atoms with Gasteiger partial charge in [0.1, 0.15) is 22.7 Å². The summed E-state index contributed by atoms with van der Waals surface area (Å²) in [5.41, 5.74) is 11.6. The van der Waals surface area contributed by atoms with Crippen molar-refractivity contribution >= 4 is 49.6 Å². The molecule has 0 amide bonds. The fourth-order valence-corrected chi connectivity index (χ4v) is 9.07. The van der Waals surface area contributed by atoms with Gasteiger partial charge < -0.3 is 13.9 Å². The van der Waals surface area contributed by atoms with Crippen LogP contribution in [0.2, 0.25) is 0 Å². The maximum atomic E-state index is 7.03. The average Bonchev–Trinajstić information content (AvgIpc) is 3.75. The molecule has 0 N–H and O–H groups in total. The summed E-state index contributed by atoms with van der Waals surface area (Å²) < 4.78 is 11.6. The number of aliphatic imine (C=N–C) groups is 1. The van der Waals surface area contributed by atoms with Gasteiger partial charge in [-0.2, -0.15) is 6.07 Å². The predicted molar refractivity (Wildman–Crippen MR) is 208 cm³/mol. The molecule has 8 aromatic rings. The molecule has 5 aromatic carbocycles. The third kappa shape index (κ3) is 4.20. The van der Waals surface area contributed by atoms with E-state index in [0.717, 1.165) is 55.5 Å². The molecule has 0 spiro atoms. The first-order chi connectivity index (χ1) is 24.5. The molecule has 1 aliphatic heterocycles. The molecule has 0 bridgehead atoms. The Morgan fingerprint density at radius 2 is 1.31 bits per heavy atom. The van der Waals surface area contributed by atoms with Crippen LogP contribution < -0.4 is 0 Å². The first-order valence-electron chi connectivity index (χ1n) is 17.8. The molecular weight excluding hydrogens is 820 g/mol. The van der Waals surface area contributed by atoms with Crippen LogP contribution >= 0.6 is 0 Å². The van der Waals surface area contributed by atoms with Gasteiger partial charge in [0.25, 0.3) is 0 Å². The molecule has 4 heterocycles. The van der Waals surface area contributed by atoms with Gasteiger partial charge in [-0.3, -0.25) is 4.99 Å². The molecule has 6 heteroatoms. The van der Waals surface area contributed by atoms with Crippen molar-refractivity contribution in [1.29, 1.82) is 0 Å². The number of ether oxygens (including phenoxy) is 1. The number of hydrogen-bond acceptors (Lipinski definition) is 3. The fraction of sp³-hybridized carbons (Fsp3) is 0.217. The molecule has 0 radical (unpaired) electrons. The average molecular weight is 858 g/mol. The first kappa shape index (κ1) is 32.9. The van der Waals surface area contributed by atoms with Crippen LogP contribution in [0.1, 0.15) is 61.1 Å². The van der Waals surface area contributed by atoms with Crippen molar-refractivity contribution in [2.24, 2.45) is 4.99 Å². The molecule has 5 nitrogen and oxygen atoms in total. The van der Waals surface area contributed by atoms with Crippen molar-refractivity contribution < 1.29 is 25.8 Å². The van der Waals surface area contributed by atoms with E-state index >= 15 is 0 Å². The van der Waals surface area contributed by atoms with Gasteiger partial charge in [0.15, 0.2) is 0 Å². The van der Waals surface area contributed by atoms with E-state index in [4.69, 9.17) is 14.7 Å². The van der Waals surface area contributed by atoms with Crippen molar-refractivity contribution in [2.75, 3.05) is 0 Å². The summed E-state index contributed by atoms with van der Waals surface area (Å²) in [6.07, 6.45) is 1.87. The summed E-state index contributed by atoms with van der Waals surface area (Å²) >= 11 is 0. The number of fused-ring (bicyclic) bond motifs is 9. The van der Waals surface area contributed by atoms with Crippen molar-refractivity contribution in [1.82, 2.24) is 14.1 Å². The van der Waals surface area contributed by atoms with E-state index in [1.54, 1.807) is 0 Å². The van der Waals surface area contributed by atoms with Crippen LogP contribution in [0.3, 0.4) is 0 Å². The minimum atomic E-state index is -0.557. The molecular formula is C46H38N4OPt. The second-order valence-corrected chi connectivity index (χ2v) is 15.4. The zero-order chi connectivity index (χ0) is 35.0. The monoisotopic (exact) mass is 857 g/mol. The molecule has 52 heavy (non-hydrogen) atoms. The van der Waals surface area contributed by atoms with E-state index in [-0.39, 0.29) is 26.5 Å². The first-order valence-corrected chi connectivity index (χ1v) is 17.8. The predicted octanol–water partition coefficient (Wildman–Crippen LogP) is 10.5. The summed E-state index contributed by atoms with van der Waals surface area (Å²) in [5.74, 6) is 0.639. The van der Waals surface area contributed by atoms with Gasteiger partial charge in [0.2, 0.25) is 0 Å². The topological polar surface area (TPSA) is 44.3 Å². The Labute approximate surface area is 318 Å². The number of hydrogen-bond donors (Lipinski definition) is 0. The molecule has 3 aromatic heterocycles. The smallest absolute Gasteiger partial charge is 0.510 e. The molecule has 2 aliphatic rings. The quantitative estimate of drug-likeness (QED) is 0.166. The van der Waals surface area contributed by atoms with E-state index in [0.29, 0.717) is 5.90 Å². The van der Waals surface area contributed by atoms with Gasteiger partial charge in [0.05, 0.1) is 5.52 Å². The SMILES string of the molecule is Cc1cc(C2=N[C@]3(C)c4ccccc4C(C)(C)[C@]3(C)O2)[c-]c(-n2c3[c-]c(-n4c5ccc(C)cc5c5cccnc54)ccc3c3cc(C)ccc32)c1.[Pt+2]. The van der Waals surface area contributed by atoms with Crippen molar-refractivity contribution in [2.45, 2.75) is 65.0 Å². The number of rotatable bonds is 3. The van der Waals surface area contributed by atoms with Gasteiger partial charge >= 0.3 is 21.1 Å². The largest absolute Gasteiger partial charge is 2.00 e. The van der Waals surface area contributed by atoms with Crippen LogP contribution in [0.25, 0.3) is 55.1 Å². The summed E-state index contributed by atoms with van der Waals surface area (Å²) in [6.45, 7) is 15.4. The Morgan fingerprint density at radius 1 is 0.615 bits per heavy atom. The molecule has 0 unspecified atom stereocenters. The molecule has 10 rings (SSSR count). The van der Waals surface area contributed by atoms with Crippen LogP contribution in [0.4, 0.5) is 0 Å². The Balaban J connectivity index is 0.00000360. The van der Waals surface area contributed by atoms with Gasteiger partial charge in [-0.05, 0) is 80.2 Å². The summed E-state index contributed by atoms with van der Waals surface area (Å²) in [7, 11) is 0. The van der Waals surface area contributed by atoms with Crippen molar-refractivity contribution in [3.63, 3.8) is 0 Å². The van der Waals surface area contributed by atoms with Gasteiger partial charge in [-0.1, -0.05) is 91.1 Å². The Hall–Kier alpha value is -4.99. The van der Waals surface area contributed by atoms with Gasteiger partial charge in [-0.15, -0.1) is 41.3 Å². The second kappa shape index (κ2) is 11.0. The van der Waals surface area contributed by atoms with Crippen molar-refractivity contribution in [3.8, 4) is 11.4 Å². The number of benzene rings is 5. The van der Waals surface area contributed by atoms with E-state index in [9.17, 15) is 0 Å². The van der Waals surface area contributed by atoms with Gasteiger partial charge in [-0.25, -0.2) is 4.98 Å². The van der Waals surface area contributed by atoms with Crippen LogP contribution in [0, 0.1) is 32.9 Å². The molecule has 0 saturated carbocycles. The van der Waals surface area contributed by atoms with Crippen LogP contribution in [-0.2, 0) is 36.8 Å². The van der Waals surface area contributed by atoms with E-state index < -0.39 is 11.1 Å². The molecule has 0 fully saturated rings. The zero-order valence-corrected chi connectivity index (χ0v) is 32.6. The van der Waals surface area contributed by atoms with E-state index in [1.807, 2.05) is 12.3 Å². The second-order valence-electron chi connectivity index (χ2n) is 15.4. The molecule has 1 aliphatic carbocycles. The van der Waals surface area contributed by atoms with Crippen molar-refractivity contribution in [3.05, 3.63) is 149 Å². The normalized spacial score (nSPS) is 20.2. The summed E-state index contributed by atoms with van der Waals surface area (Å²) in [6, 6.07) is 42.6. The summed E-state index contributed by atoms with van der Waals surface area (Å²) in [4.78, 5) is 10.3. The summed E-state index contributed by atoms with van der Waals surface area (Å²) in [5, 5.41) is 4.64. The number of nitrogens with zero attached hydrogens (tertiary/aromatic N) is 4. The van der Waals surface area contributed by atoms with E-state index in [1.165, 1.54) is 33.0 Å². The minimum Gasteiger partial charge on any atom is -0.510 e. The maximum absolute atomic E-state index is 7.03. The standard InChI is InChI=1S/C46H38N4O.Pt/c1-27-14-18-39-35(23-27)33-17-16-31(50-40-19-15-28(2)24-36(40)34-11-10-20-47-42(34)50)26-41(33)49(39)32-22-29(3)21-30(25-32)43-48-45(6)38-13-9-8-12-37(38)44(4,5)46(45,7)51-43;/h8-24H,1-7H3;/q-2;+2/t45-,46+;/m1./s1. The third-order valence-electron chi connectivity index (χ3n) is 12.1. The molecule has 2 atom stereocenters. The van der Waals surface area contributed by atoms with Crippen LogP contribution in [0.15, 0.2) is 108 Å².